The fraction of sp³-hybridized carbons (Fsp3) is 0.0789. The van der Waals surface area contributed by atoms with Crippen LogP contribution in [0.4, 0.5) is 26.1 Å². The van der Waals surface area contributed by atoms with Crippen molar-refractivity contribution < 1.29 is 22.0 Å². The molecular formula is C38H31F2N7O3S. The van der Waals surface area contributed by atoms with E-state index in [9.17, 15) is 27.3 Å². The number of nitrogens with zero attached hydrogens (tertiary/aromatic N) is 4. The van der Waals surface area contributed by atoms with Crippen LogP contribution in [0.3, 0.4) is 0 Å². The zero-order chi connectivity index (χ0) is 36.5. The molecule has 0 saturated heterocycles. The Labute approximate surface area is 293 Å². The Hall–Kier alpha value is -6.52. The molecule has 0 radical (unpaired) electrons. The van der Waals surface area contributed by atoms with Gasteiger partial charge in [-0.3, -0.25) is 4.79 Å². The largest absolute Gasteiger partial charge is 0.382 e. The van der Waals surface area contributed by atoms with Crippen molar-refractivity contribution >= 4 is 50.0 Å². The summed E-state index contributed by atoms with van der Waals surface area (Å²) in [6.07, 6.45) is 5.40. The Morgan fingerprint density at radius 3 is 2.33 bits per heavy atom. The number of pyridine rings is 1. The van der Waals surface area contributed by atoms with Crippen LogP contribution >= 0.6 is 0 Å². The van der Waals surface area contributed by atoms with Crippen molar-refractivity contribution in [1.29, 1.82) is 5.26 Å². The molecule has 10 nitrogen and oxygen atoms in total. The van der Waals surface area contributed by atoms with Crippen molar-refractivity contribution in [2.45, 2.75) is 17.9 Å². The number of nitrogen functional groups attached to an aromatic ring is 1. The number of hydrogen-bond acceptors (Lipinski definition) is 9. The minimum Gasteiger partial charge on any atom is -0.382 e. The van der Waals surface area contributed by atoms with Gasteiger partial charge in [-0.15, -0.1) is 0 Å². The zero-order valence-corrected chi connectivity index (χ0v) is 28.2. The average Bonchev–Trinajstić information content (AvgIpc) is 3.12. The maximum atomic E-state index is 14.6. The molecule has 0 unspecified atom stereocenters. The summed E-state index contributed by atoms with van der Waals surface area (Å²) < 4.78 is 52.8. The van der Waals surface area contributed by atoms with Crippen molar-refractivity contribution in [1.82, 2.24) is 15.0 Å². The number of halogens is 2. The molecule has 0 aliphatic heterocycles. The van der Waals surface area contributed by atoms with Crippen LogP contribution in [0.25, 0.3) is 28.2 Å². The van der Waals surface area contributed by atoms with Gasteiger partial charge in [0.05, 0.1) is 22.3 Å². The molecule has 1 amide bonds. The molecule has 6 rings (SSSR count). The van der Waals surface area contributed by atoms with E-state index < -0.39 is 27.5 Å². The molecule has 0 aliphatic carbocycles. The van der Waals surface area contributed by atoms with Gasteiger partial charge in [0, 0.05) is 28.8 Å². The Morgan fingerprint density at radius 2 is 1.61 bits per heavy atom. The minimum atomic E-state index is -3.60. The van der Waals surface area contributed by atoms with E-state index >= 15 is 0 Å². The third-order valence-corrected chi connectivity index (χ3v) is 8.69. The number of carbonyl (C=O) groups excluding carboxylic acids is 1. The van der Waals surface area contributed by atoms with E-state index in [1.54, 1.807) is 61.5 Å². The lowest BCUT2D eigenvalue weighted by molar-refractivity contribution is -0.111. The number of benzene rings is 4. The number of para-hydroxylation sites is 2. The molecule has 2 heterocycles. The second-order valence-corrected chi connectivity index (χ2v) is 13.2. The molecule has 1 atom stereocenters. The molecule has 0 saturated carbocycles. The minimum absolute atomic E-state index is 0.0311. The summed E-state index contributed by atoms with van der Waals surface area (Å²) in [5.41, 5.74) is 8.33. The predicted octanol–water partition coefficient (Wildman–Crippen LogP) is 7.34. The number of carbonyl (C=O) groups is 1. The summed E-state index contributed by atoms with van der Waals surface area (Å²) in [6.45, 7) is 1.80. The lowest BCUT2D eigenvalue weighted by Crippen LogP contribution is -2.13. The molecule has 0 aliphatic rings. The number of aromatic nitrogens is 3. The Balaban J connectivity index is 0.000000236. The number of sulfone groups is 1. The van der Waals surface area contributed by atoms with Crippen LogP contribution in [0.1, 0.15) is 29.7 Å². The predicted molar refractivity (Wildman–Crippen MR) is 194 cm³/mol. The van der Waals surface area contributed by atoms with Gasteiger partial charge in [-0.2, -0.15) is 5.26 Å². The number of nitrogens with two attached hydrogens (primary N) is 1. The highest BCUT2D eigenvalue weighted by atomic mass is 32.2. The molecule has 0 bridgehead atoms. The summed E-state index contributed by atoms with van der Waals surface area (Å²) in [4.78, 5) is 24.1. The normalized spacial score (nSPS) is 11.7. The molecule has 4 aromatic carbocycles. The summed E-state index contributed by atoms with van der Waals surface area (Å²) in [5, 5.41) is 15.6. The Morgan fingerprint density at radius 1 is 0.922 bits per heavy atom. The molecule has 0 spiro atoms. The van der Waals surface area contributed by atoms with E-state index in [2.05, 4.69) is 25.6 Å². The van der Waals surface area contributed by atoms with Crippen LogP contribution in [0, 0.1) is 23.0 Å². The van der Waals surface area contributed by atoms with Gasteiger partial charge in [0.2, 0.25) is 5.91 Å². The molecule has 256 valence electrons. The fourth-order valence-electron chi connectivity index (χ4n) is 5.08. The summed E-state index contributed by atoms with van der Waals surface area (Å²) >= 11 is 0. The van der Waals surface area contributed by atoms with Gasteiger partial charge < -0.3 is 16.4 Å². The Kier molecular flexibility index (Phi) is 11.1. The van der Waals surface area contributed by atoms with E-state index in [-0.39, 0.29) is 39.2 Å². The van der Waals surface area contributed by atoms with Crippen molar-refractivity contribution in [3.05, 3.63) is 144 Å². The van der Waals surface area contributed by atoms with Crippen molar-refractivity contribution in [2.75, 3.05) is 22.6 Å². The number of anilines is 3. The Bertz CT molecular complexity index is 2400. The molecule has 6 aromatic rings. The maximum Gasteiger partial charge on any atom is 0.248 e. The van der Waals surface area contributed by atoms with Crippen LogP contribution in [0.5, 0.6) is 0 Å². The number of nitriles is 1. The first-order valence-corrected chi connectivity index (χ1v) is 17.3. The number of amides is 1. The highest BCUT2D eigenvalue weighted by molar-refractivity contribution is 7.90. The van der Waals surface area contributed by atoms with Gasteiger partial charge in [0.25, 0.3) is 0 Å². The summed E-state index contributed by atoms with van der Waals surface area (Å²) in [6, 6.07) is 29.7. The van der Waals surface area contributed by atoms with Crippen molar-refractivity contribution in [3.8, 4) is 17.3 Å². The van der Waals surface area contributed by atoms with Crippen molar-refractivity contribution in [3.63, 3.8) is 0 Å². The van der Waals surface area contributed by atoms with Crippen LogP contribution in [0.2, 0.25) is 0 Å². The lowest BCUT2D eigenvalue weighted by atomic mass is 9.98. The van der Waals surface area contributed by atoms with Gasteiger partial charge in [-0.1, -0.05) is 72.8 Å². The van der Waals surface area contributed by atoms with E-state index in [1.165, 1.54) is 36.7 Å². The third-order valence-electron chi connectivity index (χ3n) is 7.53. The van der Waals surface area contributed by atoms with Gasteiger partial charge >= 0.3 is 0 Å². The topological polar surface area (TPSA) is 164 Å². The summed E-state index contributed by atoms with van der Waals surface area (Å²) in [5.74, 6) is -1.07. The number of fused-ring (bicyclic) bond motifs is 1. The molecule has 0 fully saturated rings. The SMILES string of the molecule is C[C@H](Nc1ncnc(N)c1C#N)c1cc2cccc(F)c2nc1-c1ccccc1S(C)(=O)=O.O=C(/C=C/c1ccccc1)Nc1ccccc1F. The van der Waals surface area contributed by atoms with Gasteiger partial charge in [-0.25, -0.2) is 32.2 Å². The van der Waals surface area contributed by atoms with E-state index in [0.29, 0.717) is 22.2 Å². The van der Waals surface area contributed by atoms with Crippen molar-refractivity contribution in [2.24, 2.45) is 0 Å². The van der Waals surface area contributed by atoms with Crippen LogP contribution < -0.4 is 16.4 Å². The molecular weight excluding hydrogens is 673 g/mol. The van der Waals surface area contributed by atoms with Gasteiger partial charge in [-0.05, 0) is 48.9 Å². The van der Waals surface area contributed by atoms with E-state index in [0.717, 1.165) is 11.8 Å². The first kappa shape index (κ1) is 35.8. The monoisotopic (exact) mass is 703 g/mol. The molecule has 4 N–H and O–H groups in total. The first-order chi connectivity index (χ1) is 24.5. The first-order valence-electron chi connectivity index (χ1n) is 15.4. The van der Waals surface area contributed by atoms with Crippen LogP contribution in [0.15, 0.2) is 120 Å². The fourth-order valence-corrected chi connectivity index (χ4v) is 5.97. The number of rotatable bonds is 8. The number of hydrogen-bond donors (Lipinski definition) is 3. The lowest BCUT2D eigenvalue weighted by Gasteiger charge is -2.21. The van der Waals surface area contributed by atoms with Crippen LogP contribution in [-0.2, 0) is 14.6 Å². The molecule has 2 aromatic heterocycles. The average molecular weight is 704 g/mol. The second kappa shape index (κ2) is 15.8. The third kappa shape index (κ3) is 8.75. The maximum absolute atomic E-state index is 14.6. The zero-order valence-electron chi connectivity index (χ0n) is 27.4. The second-order valence-electron chi connectivity index (χ2n) is 11.2. The highest BCUT2D eigenvalue weighted by Crippen LogP contribution is 2.35. The van der Waals surface area contributed by atoms with Crippen LogP contribution in [-0.4, -0.2) is 35.5 Å². The highest BCUT2D eigenvalue weighted by Gasteiger charge is 2.23. The molecule has 13 heteroatoms. The standard InChI is InChI=1S/C23H19FN6O2S.C15H12FNO/c1-13(29-23-17(11-25)22(26)27-12-28-23)16-10-14-6-5-8-18(24)20(14)30-21(16)15-7-3-4-9-19(15)33(2,31)32;16-13-8-4-5-9-14(13)17-15(18)11-10-12-6-2-1-3-7-12/h3-10,12-13H,1-2H3,(H3,26,27,28,29);1-11H,(H,17,18)/b;11-10+/t13-;/m0./s1. The summed E-state index contributed by atoms with van der Waals surface area (Å²) in [7, 11) is -3.60. The quantitative estimate of drug-likeness (QED) is 0.138. The molecule has 51 heavy (non-hydrogen) atoms. The van der Waals surface area contributed by atoms with Gasteiger partial charge in [0.1, 0.15) is 46.7 Å². The van der Waals surface area contributed by atoms with Gasteiger partial charge in [0.15, 0.2) is 9.84 Å². The smallest absolute Gasteiger partial charge is 0.248 e. The van der Waals surface area contributed by atoms with E-state index in [1.807, 2.05) is 36.4 Å². The van der Waals surface area contributed by atoms with E-state index in [4.69, 9.17) is 5.73 Å². The number of nitrogens with one attached hydrogen (secondary N) is 2.